The zero-order chi connectivity index (χ0) is 15.6. The van der Waals surface area contributed by atoms with Crippen molar-refractivity contribution in [1.29, 1.82) is 0 Å². The molecule has 1 N–H and O–H groups in total. The van der Waals surface area contributed by atoms with Gasteiger partial charge in [-0.2, -0.15) is 13.2 Å². The number of nitrogens with zero attached hydrogens (tertiary/aromatic N) is 3. The molecule has 0 saturated heterocycles. The van der Waals surface area contributed by atoms with Crippen LogP contribution in [-0.4, -0.2) is 25.8 Å². The van der Waals surface area contributed by atoms with Crippen molar-refractivity contribution in [2.24, 2.45) is 0 Å². The van der Waals surface area contributed by atoms with Crippen LogP contribution in [-0.2, 0) is 11.0 Å². The maximum atomic E-state index is 12.8. The molecule has 0 bridgehead atoms. The number of carbonyl (C=O) groups is 1. The van der Waals surface area contributed by atoms with Gasteiger partial charge in [0.25, 0.3) is 0 Å². The van der Waals surface area contributed by atoms with E-state index >= 15 is 0 Å². The highest BCUT2D eigenvalue weighted by molar-refractivity contribution is 5.82. The average molecular weight is 297 g/mol. The van der Waals surface area contributed by atoms with Crippen LogP contribution in [0, 0.1) is 6.92 Å². The molecule has 2 aromatic rings. The molecule has 0 fully saturated rings. The molecule has 110 valence electrons. The molecule has 0 saturated carbocycles. The molecule has 0 aliphatic rings. The van der Waals surface area contributed by atoms with E-state index in [1.807, 2.05) is 0 Å². The van der Waals surface area contributed by atoms with Gasteiger partial charge in [-0.3, -0.25) is 0 Å². The van der Waals surface area contributed by atoms with Gasteiger partial charge in [-0.05, 0) is 30.7 Å². The second kappa shape index (κ2) is 5.39. The van der Waals surface area contributed by atoms with Crippen molar-refractivity contribution >= 4 is 12.2 Å². The third kappa shape index (κ3) is 3.68. The van der Waals surface area contributed by atoms with Crippen LogP contribution in [0.3, 0.4) is 0 Å². The molecule has 0 atom stereocenters. The minimum Gasteiger partial charge on any atom is -0.478 e. The number of carboxylic acids is 1. The highest BCUT2D eigenvalue weighted by atomic mass is 19.4. The van der Waals surface area contributed by atoms with Crippen LogP contribution in [0.2, 0.25) is 0 Å². The Labute approximate surface area is 117 Å². The van der Waals surface area contributed by atoms with Gasteiger partial charge in [0.2, 0.25) is 0 Å². The molecular formula is C13H10F3N3O2. The second-order valence-corrected chi connectivity index (χ2v) is 4.29. The monoisotopic (exact) mass is 297 g/mol. The van der Waals surface area contributed by atoms with Crippen LogP contribution in [0.15, 0.2) is 30.6 Å². The fourth-order valence-corrected chi connectivity index (χ4v) is 1.69. The summed E-state index contributed by atoms with van der Waals surface area (Å²) in [6, 6.07) is 3.51. The first kappa shape index (κ1) is 14.8. The van der Waals surface area contributed by atoms with Crippen LogP contribution in [0.4, 0.5) is 13.2 Å². The second-order valence-electron chi connectivity index (χ2n) is 4.29. The average Bonchev–Trinajstić information content (AvgIpc) is 2.83. The predicted octanol–water partition coefficient (Wildman–Crippen LogP) is 2.83. The van der Waals surface area contributed by atoms with Gasteiger partial charge in [0.15, 0.2) is 5.82 Å². The zero-order valence-corrected chi connectivity index (χ0v) is 10.8. The van der Waals surface area contributed by atoms with E-state index in [1.54, 1.807) is 6.92 Å². The first-order chi connectivity index (χ1) is 9.75. The molecule has 2 rings (SSSR count). The Hall–Kier alpha value is -2.64. The van der Waals surface area contributed by atoms with Crippen molar-refractivity contribution in [3.05, 3.63) is 41.7 Å². The molecule has 21 heavy (non-hydrogen) atoms. The van der Waals surface area contributed by atoms with Crippen LogP contribution >= 0.6 is 0 Å². The molecule has 1 aromatic heterocycles. The molecule has 1 heterocycles. The molecular weight excluding hydrogens is 287 g/mol. The summed E-state index contributed by atoms with van der Waals surface area (Å²) < 4.78 is 39.4. The summed E-state index contributed by atoms with van der Waals surface area (Å²) in [5.41, 5.74) is -0.142. The largest absolute Gasteiger partial charge is 0.478 e. The quantitative estimate of drug-likeness (QED) is 0.885. The van der Waals surface area contributed by atoms with Crippen molar-refractivity contribution in [1.82, 2.24) is 14.8 Å². The lowest BCUT2D eigenvalue weighted by atomic mass is 10.1. The highest BCUT2D eigenvalue weighted by Gasteiger charge is 2.31. The maximum absolute atomic E-state index is 12.8. The van der Waals surface area contributed by atoms with Crippen LogP contribution in [0.5, 0.6) is 0 Å². The Kier molecular flexibility index (Phi) is 3.79. The van der Waals surface area contributed by atoms with E-state index in [9.17, 15) is 18.0 Å². The number of aryl methyl sites for hydroxylation is 1. The van der Waals surface area contributed by atoms with E-state index < -0.39 is 17.7 Å². The number of carboxylic acid groups (broad SMARTS) is 1. The summed E-state index contributed by atoms with van der Waals surface area (Å²) in [5, 5.41) is 12.4. The van der Waals surface area contributed by atoms with Gasteiger partial charge in [-0.1, -0.05) is 0 Å². The van der Waals surface area contributed by atoms with Gasteiger partial charge in [-0.25, -0.2) is 14.5 Å². The lowest BCUT2D eigenvalue weighted by Gasteiger charge is -2.09. The summed E-state index contributed by atoms with van der Waals surface area (Å²) in [5.74, 6) is -1.08. The normalized spacial score (nSPS) is 12.0. The third-order valence-electron chi connectivity index (χ3n) is 2.54. The Morgan fingerprint density at radius 3 is 2.67 bits per heavy atom. The van der Waals surface area contributed by atoms with Crippen molar-refractivity contribution in [3.8, 4) is 11.4 Å². The van der Waals surface area contributed by atoms with Crippen LogP contribution in [0.1, 0.15) is 11.1 Å². The molecule has 0 aliphatic heterocycles. The van der Waals surface area contributed by atoms with Crippen LogP contribution in [0.25, 0.3) is 17.6 Å². The van der Waals surface area contributed by atoms with Crippen molar-refractivity contribution in [2.45, 2.75) is 13.1 Å². The first-order valence-corrected chi connectivity index (χ1v) is 5.77. The maximum Gasteiger partial charge on any atom is 0.416 e. The molecule has 0 spiro atoms. The summed E-state index contributed by atoms with van der Waals surface area (Å²) >= 11 is 0. The molecule has 5 nitrogen and oxygen atoms in total. The zero-order valence-electron chi connectivity index (χ0n) is 10.8. The van der Waals surface area contributed by atoms with Crippen molar-refractivity contribution in [3.63, 3.8) is 0 Å². The number of hydrogen-bond acceptors (Lipinski definition) is 3. The predicted molar refractivity (Wildman–Crippen MR) is 68.2 cm³/mol. The Morgan fingerprint density at radius 2 is 2.05 bits per heavy atom. The van der Waals surface area contributed by atoms with Crippen molar-refractivity contribution in [2.75, 3.05) is 0 Å². The number of aromatic nitrogens is 3. The Morgan fingerprint density at radius 1 is 1.33 bits per heavy atom. The number of hydrogen-bond donors (Lipinski definition) is 1. The smallest absolute Gasteiger partial charge is 0.416 e. The summed E-state index contributed by atoms with van der Waals surface area (Å²) in [4.78, 5) is 14.2. The first-order valence-electron chi connectivity index (χ1n) is 5.77. The minimum absolute atomic E-state index is 0.0826. The molecule has 0 unspecified atom stereocenters. The summed E-state index contributed by atoms with van der Waals surface area (Å²) in [7, 11) is 0. The molecule has 0 amide bonds. The fraction of sp³-hybridized carbons (Fsp3) is 0.154. The molecule has 0 aliphatic carbocycles. The number of halogens is 3. The standard InChI is InChI=1S/C13H10F3N3O2/c1-8-4-9(6-10(5-8)13(14,15)16)12-17-7-19(18-12)3-2-11(20)21/h2-7H,1H3,(H,20,21). The summed E-state index contributed by atoms with van der Waals surface area (Å²) in [6.07, 6.45) is -1.26. The van der Waals surface area contributed by atoms with E-state index in [0.717, 1.165) is 29.1 Å². The van der Waals surface area contributed by atoms with Gasteiger partial charge < -0.3 is 5.11 Å². The van der Waals surface area contributed by atoms with E-state index in [4.69, 9.17) is 5.11 Å². The third-order valence-corrected chi connectivity index (χ3v) is 2.54. The summed E-state index contributed by atoms with van der Waals surface area (Å²) in [6.45, 7) is 1.54. The van der Waals surface area contributed by atoms with E-state index in [0.29, 0.717) is 5.56 Å². The number of rotatable bonds is 3. The van der Waals surface area contributed by atoms with Crippen molar-refractivity contribution < 1.29 is 23.1 Å². The minimum atomic E-state index is -4.45. The number of alkyl halides is 3. The van der Waals surface area contributed by atoms with E-state index in [1.165, 1.54) is 12.4 Å². The lowest BCUT2D eigenvalue weighted by Crippen LogP contribution is -2.05. The van der Waals surface area contributed by atoms with E-state index in [-0.39, 0.29) is 11.4 Å². The lowest BCUT2D eigenvalue weighted by molar-refractivity contribution is -0.137. The molecule has 8 heteroatoms. The highest BCUT2D eigenvalue weighted by Crippen LogP contribution is 2.32. The topological polar surface area (TPSA) is 68.0 Å². The number of aliphatic carboxylic acids is 1. The fourth-order valence-electron chi connectivity index (χ4n) is 1.69. The van der Waals surface area contributed by atoms with Gasteiger partial charge in [0, 0.05) is 17.8 Å². The SMILES string of the molecule is Cc1cc(-c2ncn(C=CC(=O)O)n2)cc(C(F)(F)F)c1. The van der Waals surface area contributed by atoms with Gasteiger partial charge in [0.1, 0.15) is 6.33 Å². The van der Waals surface area contributed by atoms with Gasteiger partial charge in [-0.15, -0.1) is 5.10 Å². The molecule has 0 radical (unpaired) electrons. The van der Waals surface area contributed by atoms with E-state index in [2.05, 4.69) is 10.1 Å². The molecule has 1 aromatic carbocycles. The van der Waals surface area contributed by atoms with Gasteiger partial charge >= 0.3 is 12.1 Å². The Balaban J connectivity index is 2.39. The van der Waals surface area contributed by atoms with Crippen LogP contribution < -0.4 is 0 Å². The number of benzene rings is 1. The Bertz CT molecular complexity index is 705. The van der Waals surface area contributed by atoms with Gasteiger partial charge in [0.05, 0.1) is 5.56 Å².